The van der Waals surface area contributed by atoms with Crippen molar-refractivity contribution in [3.8, 4) is 11.5 Å². The van der Waals surface area contributed by atoms with Gasteiger partial charge in [0.1, 0.15) is 0 Å². The molecule has 0 fully saturated rings. The van der Waals surface area contributed by atoms with Gasteiger partial charge in [0, 0.05) is 18.2 Å². The molecule has 0 unspecified atom stereocenters. The SMILES string of the molecule is CCCOc1ccc(NC(=O)CCc2ccc(S(=O)(=O)NC)cc2)cc1OCCC. The Balaban J connectivity index is 1.96. The fraction of sp³-hybridized carbons (Fsp3) is 0.409. The highest BCUT2D eigenvalue weighted by molar-refractivity contribution is 7.89. The Morgan fingerprint density at radius 1 is 0.933 bits per heavy atom. The summed E-state index contributed by atoms with van der Waals surface area (Å²) in [5, 5.41) is 2.88. The lowest BCUT2D eigenvalue weighted by Crippen LogP contribution is -2.18. The van der Waals surface area contributed by atoms with Crippen LogP contribution in [0.1, 0.15) is 38.7 Å². The molecule has 0 aromatic heterocycles. The van der Waals surface area contributed by atoms with Gasteiger partial charge in [-0.25, -0.2) is 13.1 Å². The maximum atomic E-state index is 12.4. The van der Waals surface area contributed by atoms with Crippen LogP contribution in [0.4, 0.5) is 5.69 Å². The Morgan fingerprint density at radius 3 is 2.17 bits per heavy atom. The van der Waals surface area contributed by atoms with Crippen molar-refractivity contribution in [2.24, 2.45) is 0 Å². The summed E-state index contributed by atoms with van der Waals surface area (Å²) in [6.45, 7) is 5.23. The summed E-state index contributed by atoms with van der Waals surface area (Å²) in [5.74, 6) is 1.15. The first-order valence-electron chi connectivity index (χ1n) is 10.1. The monoisotopic (exact) mass is 434 g/mol. The van der Waals surface area contributed by atoms with E-state index in [2.05, 4.69) is 10.0 Å². The van der Waals surface area contributed by atoms with E-state index >= 15 is 0 Å². The lowest BCUT2D eigenvalue weighted by molar-refractivity contribution is -0.116. The van der Waals surface area contributed by atoms with Crippen LogP contribution in [0.3, 0.4) is 0 Å². The molecule has 0 spiro atoms. The van der Waals surface area contributed by atoms with E-state index in [4.69, 9.17) is 9.47 Å². The smallest absolute Gasteiger partial charge is 0.240 e. The van der Waals surface area contributed by atoms with Crippen molar-refractivity contribution in [1.29, 1.82) is 0 Å². The molecule has 1 amide bonds. The zero-order valence-corrected chi connectivity index (χ0v) is 18.6. The normalized spacial score (nSPS) is 11.2. The number of nitrogens with one attached hydrogen (secondary N) is 2. The van der Waals surface area contributed by atoms with Crippen molar-refractivity contribution in [1.82, 2.24) is 4.72 Å². The summed E-state index contributed by atoms with van der Waals surface area (Å²) in [6.07, 6.45) is 2.55. The Morgan fingerprint density at radius 2 is 1.57 bits per heavy atom. The van der Waals surface area contributed by atoms with Gasteiger partial charge in [-0.15, -0.1) is 0 Å². The molecule has 0 aliphatic rings. The molecule has 7 nitrogen and oxygen atoms in total. The van der Waals surface area contributed by atoms with E-state index in [0.717, 1.165) is 18.4 Å². The molecule has 2 aromatic rings. The first-order valence-corrected chi connectivity index (χ1v) is 11.6. The highest BCUT2D eigenvalue weighted by atomic mass is 32.2. The topological polar surface area (TPSA) is 93.7 Å². The van der Waals surface area contributed by atoms with Crippen LogP contribution >= 0.6 is 0 Å². The number of carbonyl (C=O) groups is 1. The number of aryl methyl sites for hydroxylation is 1. The van der Waals surface area contributed by atoms with Crippen LogP contribution in [0.2, 0.25) is 0 Å². The molecule has 0 aliphatic heterocycles. The van der Waals surface area contributed by atoms with Gasteiger partial charge in [-0.1, -0.05) is 26.0 Å². The van der Waals surface area contributed by atoms with Gasteiger partial charge in [0.25, 0.3) is 0 Å². The zero-order valence-electron chi connectivity index (χ0n) is 17.7. The zero-order chi connectivity index (χ0) is 22.0. The average molecular weight is 435 g/mol. The molecule has 2 N–H and O–H groups in total. The summed E-state index contributed by atoms with van der Waals surface area (Å²) >= 11 is 0. The van der Waals surface area contributed by atoms with E-state index < -0.39 is 10.0 Å². The maximum Gasteiger partial charge on any atom is 0.240 e. The highest BCUT2D eigenvalue weighted by Crippen LogP contribution is 2.31. The van der Waals surface area contributed by atoms with E-state index in [1.807, 2.05) is 13.8 Å². The first kappa shape index (κ1) is 23.7. The number of ether oxygens (including phenoxy) is 2. The molecule has 0 saturated carbocycles. The van der Waals surface area contributed by atoms with Crippen LogP contribution in [0.25, 0.3) is 0 Å². The second-order valence-corrected chi connectivity index (χ2v) is 8.64. The Bertz CT molecular complexity index is 927. The molecule has 0 bridgehead atoms. The average Bonchev–Trinajstić information content (AvgIpc) is 2.75. The number of benzene rings is 2. The minimum atomic E-state index is -3.46. The molecule has 164 valence electrons. The summed E-state index contributed by atoms with van der Waals surface area (Å²) in [7, 11) is -2.09. The Labute approximate surface area is 178 Å². The van der Waals surface area contributed by atoms with Crippen molar-refractivity contribution in [3.63, 3.8) is 0 Å². The van der Waals surface area contributed by atoms with Crippen LogP contribution in [-0.2, 0) is 21.2 Å². The lowest BCUT2D eigenvalue weighted by atomic mass is 10.1. The van der Waals surface area contributed by atoms with E-state index in [1.54, 1.807) is 30.3 Å². The van der Waals surface area contributed by atoms with Gasteiger partial charge in [0.2, 0.25) is 15.9 Å². The number of carbonyl (C=O) groups excluding carboxylic acids is 1. The highest BCUT2D eigenvalue weighted by Gasteiger charge is 2.12. The van der Waals surface area contributed by atoms with E-state index in [1.165, 1.54) is 19.2 Å². The number of rotatable bonds is 12. The number of amides is 1. The molecule has 2 rings (SSSR count). The van der Waals surface area contributed by atoms with Crippen molar-refractivity contribution in [2.75, 3.05) is 25.6 Å². The standard InChI is InChI=1S/C22H30N2O5S/c1-4-14-28-20-12-9-18(16-21(20)29-15-5-2)24-22(25)13-8-17-6-10-19(11-7-17)30(26,27)23-3/h6-7,9-12,16,23H,4-5,8,13-15H2,1-3H3,(H,24,25). The van der Waals surface area contributed by atoms with Gasteiger partial charge in [-0.2, -0.15) is 0 Å². The van der Waals surface area contributed by atoms with Crippen LogP contribution < -0.4 is 19.5 Å². The molecule has 30 heavy (non-hydrogen) atoms. The predicted octanol–water partition coefficient (Wildman–Crippen LogP) is 3.74. The van der Waals surface area contributed by atoms with E-state index in [-0.39, 0.29) is 17.2 Å². The molecule has 8 heteroatoms. The third-order valence-corrected chi connectivity index (χ3v) is 5.72. The molecular weight excluding hydrogens is 404 g/mol. The molecule has 0 saturated heterocycles. The Kier molecular flexibility index (Phi) is 9.14. The minimum Gasteiger partial charge on any atom is -0.490 e. The van der Waals surface area contributed by atoms with Crippen LogP contribution in [-0.4, -0.2) is 34.6 Å². The van der Waals surface area contributed by atoms with Gasteiger partial charge in [-0.05, 0) is 56.1 Å². The molecule has 2 aromatic carbocycles. The van der Waals surface area contributed by atoms with Crippen LogP contribution in [0.15, 0.2) is 47.4 Å². The fourth-order valence-corrected chi connectivity index (χ4v) is 3.41. The molecule has 0 radical (unpaired) electrons. The van der Waals surface area contributed by atoms with E-state index in [0.29, 0.717) is 36.8 Å². The van der Waals surface area contributed by atoms with Gasteiger partial charge >= 0.3 is 0 Å². The van der Waals surface area contributed by atoms with Gasteiger partial charge in [-0.3, -0.25) is 4.79 Å². The second kappa shape index (κ2) is 11.6. The lowest BCUT2D eigenvalue weighted by Gasteiger charge is -2.14. The quantitative estimate of drug-likeness (QED) is 0.531. The maximum absolute atomic E-state index is 12.4. The van der Waals surface area contributed by atoms with Gasteiger partial charge in [0.05, 0.1) is 18.1 Å². The van der Waals surface area contributed by atoms with Crippen molar-refractivity contribution in [3.05, 3.63) is 48.0 Å². The van der Waals surface area contributed by atoms with Gasteiger partial charge in [0.15, 0.2) is 11.5 Å². The minimum absolute atomic E-state index is 0.134. The predicted molar refractivity (Wildman–Crippen MR) is 118 cm³/mol. The largest absolute Gasteiger partial charge is 0.490 e. The third kappa shape index (κ3) is 7.03. The van der Waals surface area contributed by atoms with Crippen molar-refractivity contribution in [2.45, 2.75) is 44.4 Å². The number of sulfonamides is 1. The number of anilines is 1. The Hall–Kier alpha value is -2.58. The fourth-order valence-electron chi connectivity index (χ4n) is 2.68. The second-order valence-electron chi connectivity index (χ2n) is 6.76. The third-order valence-electron chi connectivity index (χ3n) is 4.29. The van der Waals surface area contributed by atoms with Crippen molar-refractivity contribution < 1.29 is 22.7 Å². The molecular formula is C22H30N2O5S. The molecule has 0 atom stereocenters. The van der Waals surface area contributed by atoms with Crippen LogP contribution in [0.5, 0.6) is 11.5 Å². The summed E-state index contributed by atoms with van der Waals surface area (Å²) in [4.78, 5) is 12.5. The summed E-state index contributed by atoms with van der Waals surface area (Å²) < 4.78 is 37.3. The summed E-state index contributed by atoms with van der Waals surface area (Å²) in [5.41, 5.74) is 1.53. The summed E-state index contributed by atoms with van der Waals surface area (Å²) in [6, 6.07) is 11.9. The molecule has 0 aliphatic carbocycles. The number of hydrogen-bond acceptors (Lipinski definition) is 5. The van der Waals surface area contributed by atoms with Gasteiger partial charge < -0.3 is 14.8 Å². The molecule has 0 heterocycles. The number of hydrogen-bond donors (Lipinski definition) is 2. The van der Waals surface area contributed by atoms with E-state index in [9.17, 15) is 13.2 Å². The van der Waals surface area contributed by atoms with Crippen molar-refractivity contribution >= 4 is 21.6 Å². The van der Waals surface area contributed by atoms with Crippen LogP contribution in [0, 0.1) is 0 Å². The first-order chi connectivity index (χ1) is 14.4.